The summed E-state index contributed by atoms with van der Waals surface area (Å²) in [5, 5.41) is 8.58. The maximum Gasteiger partial charge on any atom is 0.303 e. The first-order valence-corrected chi connectivity index (χ1v) is 12.6. The number of hydrogen-bond acceptors (Lipinski definition) is 1. The summed E-state index contributed by atoms with van der Waals surface area (Å²) in [7, 11) is 0. The van der Waals surface area contributed by atoms with Gasteiger partial charge in [-0.3, -0.25) is 4.79 Å². The zero-order valence-electron chi connectivity index (χ0n) is 19.7. The van der Waals surface area contributed by atoms with Gasteiger partial charge in [-0.05, 0) is 51.4 Å². The van der Waals surface area contributed by atoms with Crippen molar-refractivity contribution >= 4 is 5.97 Å². The molecule has 30 heavy (non-hydrogen) atoms. The summed E-state index contributed by atoms with van der Waals surface area (Å²) in [6.45, 7) is 2.25. The largest absolute Gasteiger partial charge is 0.481 e. The molecule has 2 heteroatoms. The number of aliphatic carboxylic acids is 1. The maximum atomic E-state index is 10.4. The molecule has 0 aromatic heterocycles. The molecule has 0 saturated carbocycles. The van der Waals surface area contributed by atoms with Crippen LogP contribution < -0.4 is 0 Å². The van der Waals surface area contributed by atoms with Gasteiger partial charge >= 0.3 is 5.97 Å². The highest BCUT2D eigenvalue weighted by atomic mass is 16.4. The zero-order chi connectivity index (χ0) is 22.0. The molecular weight excluding hydrogens is 368 g/mol. The summed E-state index contributed by atoms with van der Waals surface area (Å²) in [4.78, 5) is 10.4. The van der Waals surface area contributed by atoms with Gasteiger partial charge in [0.25, 0.3) is 0 Å². The van der Waals surface area contributed by atoms with Gasteiger partial charge in [0.15, 0.2) is 0 Å². The van der Waals surface area contributed by atoms with E-state index in [1.807, 2.05) is 0 Å². The SMILES string of the molecule is CCCCC/C=C\C/C=C\C/C=C\C/C=C\CCCCCCCCCCCC(=O)O. The summed E-state index contributed by atoms with van der Waals surface area (Å²) < 4.78 is 0. The second-order valence-corrected chi connectivity index (χ2v) is 8.20. The Balaban J connectivity index is 3.29. The fourth-order valence-corrected chi connectivity index (χ4v) is 3.34. The number of unbranched alkanes of at least 4 members (excludes halogenated alkanes) is 12. The van der Waals surface area contributed by atoms with E-state index in [4.69, 9.17) is 5.11 Å². The van der Waals surface area contributed by atoms with Gasteiger partial charge in [-0.15, -0.1) is 0 Å². The topological polar surface area (TPSA) is 37.3 Å². The minimum Gasteiger partial charge on any atom is -0.481 e. The van der Waals surface area contributed by atoms with Crippen LogP contribution in [-0.4, -0.2) is 11.1 Å². The quantitative estimate of drug-likeness (QED) is 0.141. The lowest BCUT2D eigenvalue weighted by Gasteiger charge is -2.01. The molecule has 1 N–H and O–H groups in total. The molecule has 172 valence electrons. The van der Waals surface area contributed by atoms with E-state index in [1.54, 1.807) is 0 Å². The Labute approximate surface area is 187 Å². The normalized spacial score (nSPS) is 12.3. The Morgan fingerprint density at radius 3 is 1.33 bits per heavy atom. The second-order valence-electron chi connectivity index (χ2n) is 8.20. The molecule has 0 aromatic carbocycles. The van der Waals surface area contributed by atoms with Crippen LogP contribution in [0.15, 0.2) is 48.6 Å². The predicted octanol–water partition coefficient (Wildman–Crippen LogP) is 9.34. The van der Waals surface area contributed by atoms with Crippen molar-refractivity contribution in [3.05, 3.63) is 48.6 Å². The average Bonchev–Trinajstić information content (AvgIpc) is 2.73. The Bertz CT molecular complexity index is 471. The van der Waals surface area contributed by atoms with Crippen molar-refractivity contribution in [3.8, 4) is 0 Å². The molecule has 0 radical (unpaired) electrons. The monoisotopic (exact) mass is 416 g/mol. The summed E-state index contributed by atoms with van der Waals surface area (Å²) >= 11 is 0. The third-order valence-electron chi connectivity index (χ3n) is 5.22. The standard InChI is InChI=1S/C28H48O2/c1-2-3-4-5-6-7-8-9-10-11-12-13-14-15-16-17-18-19-20-21-22-23-24-25-26-27-28(29)30/h6-7,9-10,12-13,15-16H,2-5,8,11,14,17-27H2,1H3,(H,29,30)/b7-6-,10-9-,13-12-,16-15-. The molecule has 0 aromatic rings. The van der Waals surface area contributed by atoms with Crippen molar-refractivity contribution in [2.45, 2.75) is 122 Å². The maximum absolute atomic E-state index is 10.4. The van der Waals surface area contributed by atoms with Crippen molar-refractivity contribution in [1.82, 2.24) is 0 Å². The number of allylic oxidation sites excluding steroid dienone is 8. The van der Waals surface area contributed by atoms with Crippen LogP contribution in [0.2, 0.25) is 0 Å². The first-order chi connectivity index (χ1) is 14.8. The highest BCUT2D eigenvalue weighted by Crippen LogP contribution is 2.11. The summed E-state index contributed by atoms with van der Waals surface area (Å²) in [6, 6.07) is 0. The van der Waals surface area contributed by atoms with Crippen LogP contribution in [0, 0.1) is 0 Å². The van der Waals surface area contributed by atoms with Gasteiger partial charge in [-0.1, -0.05) is 113 Å². The molecule has 0 rings (SSSR count). The molecule has 0 spiro atoms. The van der Waals surface area contributed by atoms with Gasteiger partial charge in [0.1, 0.15) is 0 Å². The third kappa shape index (κ3) is 26.4. The summed E-state index contributed by atoms with van der Waals surface area (Å²) in [6.07, 6.45) is 39.1. The van der Waals surface area contributed by atoms with Crippen LogP contribution in [-0.2, 0) is 4.79 Å². The van der Waals surface area contributed by atoms with Crippen molar-refractivity contribution in [1.29, 1.82) is 0 Å². The lowest BCUT2D eigenvalue weighted by atomic mass is 10.1. The van der Waals surface area contributed by atoms with Gasteiger partial charge in [-0.25, -0.2) is 0 Å². The van der Waals surface area contributed by atoms with Crippen LogP contribution in [0.25, 0.3) is 0 Å². The predicted molar refractivity (Wildman–Crippen MR) is 133 cm³/mol. The van der Waals surface area contributed by atoms with E-state index in [0.29, 0.717) is 6.42 Å². The Kier molecular flexibility index (Phi) is 24.1. The summed E-state index contributed by atoms with van der Waals surface area (Å²) in [5.74, 6) is -0.663. The number of rotatable bonds is 22. The molecule has 0 unspecified atom stereocenters. The van der Waals surface area contributed by atoms with Crippen molar-refractivity contribution in [3.63, 3.8) is 0 Å². The van der Waals surface area contributed by atoms with Crippen molar-refractivity contribution in [2.24, 2.45) is 0 Å². The lowest BCUT2D eigenvalue weighted by molar-refractivity contribution is -0.137. The highest BCUT2D eigenvalue weighted by Gasteiger charge is 1.96. The van der Waals surface area contributed by atoms with Gasteiger partial charge in [0, 0.05) is 6.42 Å². The molecule has 0 saturated heterocycles. The number of carboxylic acids is 1. The molecule has 0 fully saturated rings. The van der Waals surface area contributed by atoms with E-state index in [9.17, 15) is 4.79 Å². The van der Waals surface area contributed by atoms with Crippen LogP contribution in [0.5, 0.6) is 0 Å². The Morgan fingerprint density at radius 1 is 0.533 bits per heavy atom. The third-order valence-corrected chi connectivity index (χ3v) is 5.22. The first-order valence-electron chi connectivity index (χ1n) is 12.6. The lowest BCUT2D eigenvalue weighted by Crippen LogP contribution is -1.93. The van der Waals surface area contributed by atoms with E-state index >= 15 is 0 Å². The number of hydrogen-bond donors (Lipinski definition) is 1. The molecular formula is C28H48O2. The van der Waals surface area contributed by atoms with E-state index in [-0.39, 0.29) is 0 Å². The summed E-state index contributed by atoms with van der Waals surface area (Å²) in [5.41, 5.74) is 0. The fraction of sp³-hybridized carbons (Fsp3) is 0.679. The molecule has 0 aliphatic carbocycles. The van der Waals surface area contributed by atoms with Crippen molar-refractivity contribution < 1.29 is 9.90 Å². The van der Waals surface area contributed by atoms with Gasteiger partial charge in [0.2, 0.25) is 0 Å². The number of carbonyl (C=O) groups is 1. The molecule has 2 nitrogen and oxygen atoms in total. The van der Waals surface area contributed by atoms with E-state index in [2.05, 4.69) is 55.5 Å². The van der Waals surface area contributed by atoms with Gasteiger partial charge in [-0.2, -0.15) is 0 Å². The number of carboxylic acid groups (broad SMARTS) is 1. The van der Waals surface area contributed by atoms with Crippen molar-refractivity contribution in [2.75, 3.05) is 0 Å². The van der Waals surface area contributed by atoms with E-state index in [0.717, 1.165) is 32.1 Å². The molecule has 0 aliphatic heterocycles. The highest BCUT2D eigenvalue weighted by molar-refractivity contribution is 5.66. The molecule has 0 bridgehead atoms. The van der Waals surface area contributed by atoms with Crippen LogP contribution in [0.4, 0.5) is 0 Å². The second kappa shape index (κ2) is 25.5. The molecule has 0 heterocycles. The van der Waals surface area contributed by atoms with Crippen LogP contribution in [0.3, 0.4) is 0 Å². The first kappa shape index (κ1) is 28.4. The van der Waals surface area contributed by atoms with Crippen LogP contribution >= 0.6 is 0 Å². The minimum atomic E-state index is -0.663. The van der Waals surface area contributed by atoms with Gasteiger partial charge < -0.3 is 5.11 Å². The Hall–Kier alpha value is -1.57. The van der Waals surface area contributed by atoms with E-state index < -0.39 is 5.97 Å². The fourth-order valence-electron chi connectivity index (χ4n) is 3.34. The molecule has 0 aliphatic rings. The van der Waals surface area contributed by atoms with E-state index in [1.165, 1.54) is 77.0 Å². The smallest absolute Gasteiger partial charge is 0.303 e. The van der Waals surface area contributed by atoms with Gasteiger partial charge in [0.05, 0.1) is 0 Å². The minimum absolute atomic E-state index is 0.331. The van der Waals surface area contributed by atoms with Crippen LogP contribution in [0.1, 0.15) is 122 Å². The molecule has 0 amide bonds. The zero-order valence-corrected chi connectivity index (χ0v) is 19.7. The molecule has 0 atom stereocenters. The Morgan fingerprint density at radius 2 is 0.900 bits per heavy atom. The average molecular weight is 417 g/mol.